The topological polar surface area (TPSA) is 55.9 Å². The van der Waals surface area contributed by atoms with Gasteiger partial charge < -0.3 is 20.0 Å². The maximum atomic E-state index is 12.1. The van der Waals surface area contributed by atoms with Crippen LogP contribution in [0.1, 0.15) is 5.56 Å². The third-order valence-electron chi connectivity index (χ3n) is 3.75. The molecule has 1 aliphatic heterocycles. The number of hydrogen-bond acceptors (Lipinski definition) is 2. The van der Waals surface area contributed by atoms with E-state index >= 15 is 0 Å². The molecule has 0 atom stereocenters. The molecule has 1 aromatic rings. The van der Waals surface area contributed by atoms with Crippen LogP contribution in [-0.4, -0.2) is 73.6 Å². The standard InChI is InChI=1S/C16H24N4O2/c1-18(2)16(22)20-12-10-19(11-13-20)15(21)17-9-8-14-6-4-3-5-7-14/h3-7H,8-13H2,1-2H3,(H,17,21). The highest BCUT2D eigenvalue weighted by Crippen LogP contribution is 2.04. The van der Waals surface area contributed by atoms with Gasteiger partial charge in [0.1, 0.15) is 0 Å². The zero-order valence-corrected chi connectivity index (χ0v) is 13.3. The molecular weight excluding hydrogens is 280 g/mol. The number of hydrogen-bond donors (Lipinski definition) is 1. The second-order valence-electron chi connectivity index (χ2n) is 5.62. The van der Waals surface area contributed by atoms with E-state index in [1.165, 1.54) is 5.56 Å². The molecule has 6 heteroatoms. The summed E-state index contributed by atoms with van der Waals surface area (Å²) in [6, 6.07) is 10.0. The van der Waals surface area contributed by atoms with Crippen molar-refractivity contribution in [3.63, 3.8) is 0 Å². The molecule has 0 bridgehead atoms. The summed E-state index contributed by atoms with van der Waals surface area (Å²) in [6.07, 6.45) is 0.825. The van der Waals surface area contributed by atoms with Gasteiger partial charge in [-0.25, -0.2) is 9.59 Å². The minimum atomic E-state index is -0.0483. The van der Waals surface area contributed by atoms with Gasteiger partial charge in [-0.05, 0) is 12.0 Å². The number of carbonyl (C=O) groups is 2. The van der Waals surface area contributed by atoms with Gasteiger partial charge in [0.2, 0.25) is 0 Å². The van der Waals surface area contributed by atoms with E-state index in [4.69, 9.17) is 0 Å². The van der Waals surface area contributed by atoms with Crippen molar-refractivity contribution in [2.75, 3.05) is 46.8 Å². The fraction of sp³-hybridized carbons (Fsp3) is 0.500. The molecular formula is C16H24N4O2. The first-order valence-electron chi connectivity index (χ1n) is 7.61. The number of urea groups is 2. The molecule has 1 fully saturated rings. The zero-order chi connectivity index (χ0) is 15.9. The van der Waals surface area contributed by atoms with Crippen LogP contribution < -0.4 is 5.32 Å². The maximum absolute atomic E-state index is 12.1. The lowest BCUT2D eigenvalue weighted by Crippen LogP contribution is -2.55. The summed E-state index contributed by atoms with van der Waals surface area (Å²) in [5.74, 6) is 0. The highest BCUT2D eigenvalue weighted by molar-refractivity contribution is 5.76. The van der Waals surface area contributed by atoms with Gasteiger partial charge in [-0.1, -0.05) is 30.3 Å². The molecule has 0 spiro atoms. The van der Waals surface area contributed by atoms with Crippen molar-refractivity contribution >= 4 is 12.1 Å². The van der Waals surface area contributed by atoms with E-state index in [2.05, 4.69) is 17.4 Å². The normalized spacial score (nSPS) is 14.6. The van der Waals surface area contributed by atoms with Crippen molar-refractivity contribution in [3.8, 4) is 0 Å². The van der Waals surface area contributed by atoms with E-state index in [-0.39, 0.29) is 12.1 Å². The van der Waals surface area contributed by atoms with Gasteiger partial charge in [0, 0.05) is 46.8 Å². The Labute approximate surface area is 131 Å². The first-order chi connectivity index (χ1) is 10.6. The number of amides is 4. The van der Waals surface area contributed by atoms with Crippen LogP contribution >= 0.6 is 0 Å². The minimum absolute atomic E-state index is 0.00383. The molecule has 22 heavy (non-hydrogen) atoms. The number of nitrogens with one attached hydrogen (secondary N) is 1. The third-order valence-corrected chi connectivity index (χ3v) is 3.75. The molecule has 6 nitrogen and oxygen atoms in total. The third kappa shape index (κ3) is 4.38. The smallest absolute Gasteiger partial charge is 0.319 e. The Morgan fingerprint density at radius 3 is 2.23 bits per heavy atom. The minimum Gasteiger partial charge on any atom is -0.338 e. The molecule has 1 saturated heterocycles. The van der Waals surface area contributed by atoms with Crippen LogP contribution in [0.4, 0.5) is 9.59 Å². The van der Waals surface area contributed by atoms with Gasteiger partial charge in [-0.15, -0.1) is 0 Å². The summed E-state index contributed by atoms with van der Waals surface area (Å²) >= 11 is 0. The Balaban J connectivity index is 1.70. The fourth-order valence-corrected chi connectivity index (χ4v) is 2.45. The number of carbonyl (C=O) groups excluding carboxylic acids is 2. The molecule has 0 radical (unpaired) electrons. The number of piperazine rings is 1. The Kier molecular flexibility index (Phi) is 5.63. The van der Waals surface area contributed by atoms with Gasteiger partial charge in [0.25, 0.3) is 0 Å². The summed E-state index contributed by atoms with van der Waals surface area (Å²) < 4.78 is 0. The first kappa shape index (κ1) is 16.1. The number of nitrogens with zero attached hydrogens (tertiary/aromatic N) is 3. The fourth-order valence-electron chi connectivity index (χ4n) is 2.45. The van der Waals surface area contributed by atoms with E-state index in [1.807, 2.05) is 18.2 Å². The van der Waals surface area contributed by atoms with Gasteiger partial charge in [-0.2, -0.15) is 0 Å². The second-order valence-corrected chi connectivity index (χ2v) is 5.62. The molecule has 120 valence electrons. The molecule has 0 aliphatic carbocycles. The van der Waals surface area contributed by atoms with E-state index in [0.29, 0.717) is 32.7 Å². The quantitative estimate of drug-likeness (QED) is 0.913. The van der Waals surface area contributed by atoms with E-state index in [0.717, 1.165) is 6.42 Å². The van der Waals surface area contributed by atoms with Crippen LogP contribution in [0.2, 0.25) is 0 Å². The highest BCUT2D eigenvalue weighted by Gasteiger charge is 2.24. The van der Waals surface area contributed by atoms with E-state index in [1.54, 1.807) is 28.8 Å². The summed E-state index contributed by atoms with van der Waals surface area (Å²) in [6.45, 7) is 2.96. The van der Waals surface area contributed by atoms with Crippen molar-refractivity contribution in [1.29, 1.82) is 0 Å². The molecule has 2 rings (SSSR count). The van der Waals surface area contributed by atoms with Crippen LogP contribution in [0.3, 0.4) is 0 Å². The predicted molar refractivity (Wildman–Crippen MR) is 85.8 cm³/mol. The highest BCUT2D eigenvalue weighted by atomic mass is 16.2. The van der Waals surface area contributed by atoms with Crippen molar-refractivity contribution < 1.29 is 9.59 Å². The monoisotopic (exact) mass is 304 g/mol. The summed E-state index contributed by atoms with van der Waals surface area (Å²) in [5, 5.41) is 2.94. The molecule has 4 amide bonds. The van der Waals surface area contributed by atoms with Crippen LogP contribution in [0.25, 0.3) is 0 Å². The van der Waals surface area contributed by atoms with E-state index < -0.39 is 0 Å². The lowest BCUT2D eigenvalue weighted by molar-refractivity contribution is 0.129. The summed E-state index contributed by atoms with van der Waals surface area (Å²) in [7, 11) is 3.48. The van der Waals surface area contributed by atoms with Gasteiger partial charge in [0.15, 0.2) is 0 Å². The molecule has 1 aromatic carbocycles. The van der Waals surface area contributed by atoms with Crippen LogP contribution in [0.5, 0.6) is 0 Å². The largest absolute Gasteiger partial charge is 0.338 e. The number of rotatable bonds is 3. The molecule has 1 heterocycles. The van der Waals surface area contributed by atoms with Crippen molar-refractivity contribution in [1.82, 2.24) is 20.0 Å². The Morgan fingerprint density at radius 1 is 1.05 bits per heavy atom. The molecule has 0 unspecified atom stereocenters. The van der Waals surface area contributed by atoms with Crippen LogP contribution in [0, 0.1) is 0 Å². The zero-order valence-electron chi connectivity index (χ0n) is 13.3. The van der Waals surface area contributed by atoms with Crippen molar-refractivity contribution in [2.24, 2.45) is 0 Å². The number of benzene rings is 1. The van der Waals surface area contributed by atoms with Gasteiger partial charge >= 0.3 is 12.1 Å². The lowest BCUT2D eigenvalue weighted by atomic mass is 10.1. The average Bonchev–Trinajstić information content (AvgIpc) is 2.55. The summed E-state index contributed by atoms with van der Waals surface area (Å²) in [5.41, 5.74) is 1.21. The van der Waals surface area contributed by atoms with Gasteiger partial charge in [0.05, 0.1) is 0 Å². The molecule has 1 aliphatic rings. The molecule has 0 saturated carbocycles. The molecule has 0 aromatic heterocycles. The van der Waals surface area contributed by atoms with Crippen molar-refractivity contribution in [2.45, 2.75) is 6.42 Å². The molecule has 1 N–H and O–H groups in total. The Bertz CT molecular complexity index is 496. The Morgan fingerprint density at radius 2 is 1.64 bits per heavy atom. The van der Waals surface area contributed by atoms with Crippen molar-refractivity contribution in [3.05, 3.63) is 35.9 Å². The van der Waals surface area contributed by atoms with Gasteiger partial charge in [-0.3, -0.25) is 0 Å². The maximum Gasteiger partial charge on any atom is 0.319 e. The lowest BCUT2D eigenvalue weighted by Gasteiger charge is -2.35. The average molecular weight is 304 g/mol. The SMILES string of the molecule is CN(C)C(=O)N1CCN(C(=O)NCCc2ccccc2)CC1. The van der Waals surface area contributed by atoms with Crippen LogP contribution in [0.15, 0.2) is 30.3 Å². The first-order valence-corrected chi connectivity index (χ1v) is 7.61. The second kappa shape index (κ2) is 7.68. The predicted octanol–water partition coefficient (Wildman–Crippen LogP) is 1.24. The Hall–Kier alpha value is -2.24. The summed E-state index contributed by atoms with van der Waals surface area (Å²) in [4.78, 5) is 29.0. The van der Waals surface area contributed by atoms with E-state index in [9.17, 15) is 9.59 Å². The van der Waals surface area contributed by atoms with Crippen LogP contribution in [-0.2, 0) is 6.42 Å².